The molecule has 0 aliphatic rings. The molecule has 0 saturated carbocycles. The average molecular weight is 294 g/mol. The fourth-order valence-corrected chi connectivity index (χ4v) is 1.80. The summed E-state index contributed by atoms with van der Waals surface area (Å²) in [5, 5.41) is 14.0. The van der Waals surface area contributed by atoms with Crippen molar-refractivity contribution in [3.63, 3.8) is 0 Å². The molecular weight excluding hydrogens is 285 g/mol. The molecule has 3 aromatic rings. The van der Waals surface area contributed by atoms with Gasteiger partial charge in [-0.15, -0.1) is 0 Å². The normalized spacial score (nSPS) is 11.8. The molecule has 3 rings (SSSR count). The largest absolute Gasteiger partial charge is 0.435 e. The van der Waals surface area contributed by atoms with Gasteiger partial charge in [0.15, 0.2) is 11.5 Å². The van der Waals surface area contributed by atoms with Crippen LogP contribution in [0.15, 0.2) is 36.8 Å². The highest BCUT2D eigenvalue weighted by Crippen LogP contribution is 2.30. The maximum absolute atomic E-state index is 12.7. The van der Waals surface area contributed by atoms with Crippen LogP contribution in [0, 0.1) is 0 Å². The summed E-state index contributed by atoms with van der Waals surface area (Å²) in [6, 6.07) is 4.42. The smallest absolute Gasteiger partial charge is 0.363 e. The molecule has 0 unspecified atom stereocenters. The molecule has 21 heavy (non-hydrogen) atoms. The molecular formula is C12H9F3N6. The maximum atomic E-state index is 12.7. The third kappa shape index (κ3) is 2.76. The summed E-state index contributed by atoms with van der Waals surface area (Å²) in [4.78, 5) is 4.03. The monoisotopic (exact) mass is 294 g/mol. The third-order valence-corrected chi connectivity index (χ3v) is 2.74. The summed E-state index contributed by atoms with van der Waals surface area (Å²) in [5.74, 6) is 0.297. The fraction of sp³-hybridized carbons (Fsp3) is 0.167. The molecule has 0 aromatic carbocycles. The first-order chi connectivity index (χ1) is 10.0. The van der Waals surface area contributed by atoms with Gasteiger partial charge in [-0.1, -0.05) is 0 Å². The summed E-state index contributed by atoms with van der Waals surface area (Å²) < 4.78 is 39.2. The molecule has 6 nitrogen and oxygen atoms in total. The number of hydrogen-bond acceptors (Lipinski definition) is 5. The van der Waals surface area contributed by atoms with Gasteiger partial charge in [-0.05, 0) is 12.1 Å². The van der Waals surface area contributed by atoms with Crippen molar-refractivity contribution in [1.29, 1.82) is 0 Å². The average Bonchev–Trinajstić information content (AvgIpc) is 2.91. The number of aromatic nitrogens is 5. The van der Waals surface area contributed by atoms with E-state index in [1.165, 1.54) is 18.6 Å². The zero-order valence-electron chi connectivity index (χ0n) is 10.5. The highest BCUT2D eigenvalue weighted by atomic mass is 19.4. The minimum absolute atomic E-state index is 0.244. The summed E-state index contributed by atoms with van der Waals surface area (Å²) in [5.41, 5.74) is -0.0661. The van der Waals surface area contributed by atoms with Gasteiger partial charge in [-0.2, -0.15) is 28.5 Å². The predicted molar refractivity (Wildman–Crippen MR) is 67.3 cm³/mol. The van der Waals surface area contributed by atoms with Crippen LogP contribution in [0.25, 0.3) is 5.52 Å². The Morgan fingerprint density at radius 1 is 1.24 bits per heavy atom. The van der Waals surface area contributed by atoms with Crippen molar-refractivity contribution >= 4 is 11.3 Å². The van der Waals surface area contributed by atoms with Crippen LogP contribution >= 0.6 is 0 Å². The highest BCUT2D eigenvalue weighted by molar-refractivity contribution is 5.67. The van der Waals surface area contributed by atoms with Crippen LogP contribution in [0.3, 0.4) is 0 Å². The van der Waals surface area contributed by atoms with E-state index in [-0.39, 0.29) is 5.52 Å². The van der Waals surface area contributed by atoms with Gasteiger partial charge in [0, 0.05) is 24.7 Å². The van der Waals surface area contributed by atoms with Gasteiger partial charge in [0.05, 0.1) is 12.2 Å². The highest BCUT2D eigenvalue weighted by Gasteiger charge is 2.34. The standard InChI is InChI=1S/C12H9F3N6/c13-12(14,15)10-6-9-11(16-4-5-21(9)20-10)17-7-8-2-1-3-18-19-8/h1-6H,7H2,(H,16,17). The number of rotatable bonds is 3. The second-order valence-corrected chi connectivity index (χ2v) is 4.20. The number of fused-ring (bicyclic) bond motifs is 1. The lowest BCUT2D eigenvalue weighted by molar-refractivity contribution is -0.141. The van der Waals surface area contributed by atoms with Gasteiger partial charge in [-0.25, -0.2) is 9.50 Å². The Labute approximate surface area is 116 Å². The molecule has 0 fully saturated rings. The van der Waals surface area contributed by atoms with Gasteiger partial charge in [0.1, 0.15) is 5.52 Å². The zero-order chi connectivity index (χ0) is 14.9. The van der Waals surface area contributed by atoms with Crippen molar-refractivity contribution in [3.05, 3.63) is 48.2 Å². The molecule has 0 amide bonds. The van der Waals surface area contributed by atoms with E-state index in [0.717, 1.165) is 10.6 Å². The van der Waals surface area contributed by atoms with Crippen molar-refractivity contribution < 1.29 is 13.2 Å². The van der Waals surface area contributed by atoms with E-state index in [9.17, 15) is 13.2 Å². The molecule has 108 valence electrons. The number of nitrogens with one attached hydrogen (secondary N) is 1. The van der Waals surface area contributed by atoms with Crippen LogP contribution in [0.4, 0.5) is 19.0 Å². The molecule has 3 aromatic heterocycles. The van der Waals surface area contributed by atoms with E-state index < -0.39 is 11.9 Å². The summed E-state index contributed by atoms with van der Waals surface area (Å²) in [6.07, 6.45) is -0.222. The Bertz CT molecular complexity index is 753. The summed E-state index contributed by atoms with van der Waals surface area (Å²) >= 11 is 0. The molecule has 0 radical (unpaired) electrons. The number of alkyl halides is 3. The minimum Gasteiger partial charge on any atom is -0.363 e. The van der Waals surface area contributed by atoms with E-state index in [1.54, 1.807) is 12.1 Å². The minimum atomic E-state index is -4.49. The second-order valence-electron chi connectivity index (χ2n) is 4.20. The van der Waals surface area contributed by atoms with E-state index in [2.05, 4.69) is 25.6 Å². The van der Waals surface area contributed by atoms with Crippen LogP contribution in [0.1, 0.15) is 11.4 Å². The van der Waals surface area contributed by atoms with Crippen molar-refractivity contribution in [2.24, 2.45) is 0 Å². The molecule has 0 spiro atoms. The van der Waals surface area contributed by atoms with Gasteiger partial charge < -0.3 is 5.32 Å². The number of hydrogen-bond donors (Lipinski definition) is 1. The molecule has 9 heteroatoms. The summed E-state index contributed by atoms with van der Waals surface area (Å²) in [6.45, 7) is 0.299. The van der Waals surface area contributed by atoms with Gasteiger partial charge in [0.2, 0.25) is 0 Å². The molecule has 0 aliphatic carbocycles. The maximum Gasteiger partial charge on any atom is 0.435 e. The Hall–Kier alpha value is -2.71. The van der Waals surface area contributed by atoms with E-state index in [1.807, 2.05) is 0 Å². The first-order valence-electron chi connectivity index (χ1n) is 5.96. The number of halogens is 3. The molecule has 0 atom stereocenters. The Balaban J connectivity index is 1.90. The fourth-order valence-electron chi connectivity index (χ4n) is 1.80. The van der Waals surface area contributed by atoms with Crippen LogP contribution in [-0.4, -0.2) is 24.8 Å². The molecule has 1 N–H and O–H groups in total. The third-order valence-electron chi connectivity index (χ3n) is 2.74. The van der Waals surface area contributed by atoms with Crippen molar-refractivity contribution in [3.8, 4) is 0 Å². The topological polar surface area (TPSA) is 68.0 Å². The van der Waals surface area contributed by atoms with E-state index in [4.69, 9.17) is 0 Å². The van der Waals surface area contributed by atoms with Crippen molar-refractivity contribution in [2.75, 3.05) is 5.32 Å². The first kappa shape index (κ1) is 13.3. The van der Waals surface area contributed by atoms with Crippen molar-refractivity contribution in [2.45, 2.75) is 12.7 Å². The molecule has 0 saturated heterocycles. The van der Waals surface area contributed by atoms with Crippen LogP contribution < -0.4 is 5.32 Å². The lowest BCUT2D eigenvalue weighted by atomic mass is 10.3. The Morgan fingerprint density at radius 3 is 2.81 bits per heavy atom. The van der Waals surface area contributed by atoms with Crippen LogP contribution in [0.5, 0.6) is 0 Å². The van der Waals surface area contributed by atoms with Crippen molar-refractivity contribution in [1.82, 2.24) is 24.8 Å². The molecule has 3 heterocycles. The number of anilines is 1. The molecule has 0 bridgehead atoms. The lowest BCUT2D eigenvalue weighted by Crippen LogP contribution is -2.06. The quantitative estimate of drug-likeness (QED) is 0.801. The Kier molecular flexibility index (Phi) is 3.16. The van der Waals surface area contributed by atoms with E-state index in [0.29, 0.717) is 18.1 Å². The van der Waals surface area contributed by atoms with Gasteiger partial charge >= 0.3 is 6.18 Å². The second kappa shape index (κ2) is 5.00. The van der Waals surface area contributed by atoms with Crippen LogP contribution in [0.2, 0.25) is 0 Å². The van der Waals surface area contributed by atoms with Gasteiger partial charge in [-0.3, -0.25) is 0 Å². The van der Waals surface area contributed by atoms with E-state index >= 15 is 0 Å². The van der Waals surface area contributed by atoms with Gasteiger partial charge in [0.25, 0.3) is 0 Å². The van der Waals surface area contributed by atoms with Crippen LogP contribution in [-0.2, 0) is 12.7 Å². The first-order valence-corrected chi connectivity index (χ1v) is 5.96. The SMILES string of the molecule is FC(F)(F)c1cc2c(NCc3cccnn3)nccn2n1. The number of nitrogens with zero attached hydrogens (tertiary/aromatic N) is 5. The Morgan fingerprint density at radius 2 is 2.10 bits per heavy atom. The zero-order valence-corrected chi connectivity index (χ0v) is 10.5. The predicted octanol–water partition coefficient (Wildman–Crippen LogP) is 2.15. The molecule has 0 aliphatic heterocycles. The summed E-state index contributed by atoms with van der Waals surface area (Å²) in [7, 11) is 0. The lowest BCUT2D eigenvalue weighted by Gasteiger charge is -2.05.